The maximum Gasteiger partial charge on any atom is 0.220 e. The zero-order valence-corrected chi connectivity index (χ0v) is 5.14. The lowest BCUT2D eigenvalue weighted by molar-refractivity contribution is -0.123. The molecule has 1 amide bonds. The lowest BCUT2D eigenvalue weighted by Gasteiger charge is -1.93. The molecule has 50 valence electrons. The van der Waals surface area contributed by atoms with Crippen molar-refractivity contribution in [2.24, 2.45) is 0 Å². The third-order valence-electron chi connectivity index (χ3n) is 1.36. The normalized spacial score (nSPS) is 20.9. The van der Waals surface area contributed by atoms with Gasteiger partial charge in [0.15, 0.2) is 0 Å². The zero-order valence-electron chi connectivity index (χ0n) is 5.14. The Bertz CT molecular complexity index is 126. The molecule has 0 radical (unpaired) electrons. The van der Waals surface area contributed by atoms with E-state index >= 15 is 0 Å². The number of hydrogen-bond donors (Lipinski definition) is 1. The minimum atomic E-state index is 0.000787. The van der Waals surface area contributed by atoms with Crippen LogP contribution in [-0.4, -0.2) is 18.2 Å². The molecule has 1 rings (SSSR count). The van der Waals surface area contributed by atoms with Crippen molar-refractivity contribution in [3.05, 3.63) is 0 Å². The minimum Gasteiger partial charge on any atom is -0.356 e. The molecule has 0 bridgehead atoms. The van der Waals surface area contributed by atoms with Crippen LogP contribution in [0, 0.1) is 0 Å². The summed E-state index contributed by atoms with van der Waals surface area (Å²) in [5.74, 6) is 0.189. The van der Waals surface area contributed by atoms with E-state index in [4.69, 9.17) is 0 Å². The number of carbonyl (C=O) groups excluding carboxylic acids is 2. The van der Waals surface area contributed by atoms with Crippen LogP contribution in [-0.2, 0) is 9.59 Å². The molecular weight excluding hydrogens is 118 g/mol. The van der Waals surface area contributed by atoms with E-state index in [2.05, 4.69) is 5.32 Å². The van der Waals surface area contributed by atoms with Gasteiger partial charge in [0.2, 0.25) is 5.91 Å². The summed E-state index contributed by atoms with van der Waals surface area (Å²) < 4.78 is 0. The summed E-state index contributed by atoms with van der Waals surface area (Å²) in [6, 6.07) is 0. The van der Waals surface area contributed by atoms with Gasteiger partial charge in [-0.05, 0) is 0 Å². The third kappa shape index (κ3) is 1.83. The molecule has 0 aromatic rings. The molecule has 1 aliphatic heterocycles. The second-order valence-electron chi connectivity index (χ2n) is 2.14. The van der Waals surface area contributed by atoms with Crippen LogP contribution in [0.5, 0.6) is 0 Å². The Morgan fingerprint density at radius 2 is 1.89 bits per heavy atom. The summed E-state index contributed by atoms with van der Waals surface area (Å²) in [6.45, 7) is 0.525. The fourth-order valence-corrected chi connectivity index (χ4v) is 0.808. The lowest BCUT2D eigenvalue weighted by Crippen LogP contribution is -2.21. The number of amides is 1. The Labute approximate surface area is 53.4 Å². The third-order valence-corrected chi connectivity index (χ3v) is 1.36. The molecule has 1 fully saturated rings. The lowest BCUT2D eigenvalue weighted by atomic mass is 10.2. The molecule has 0 aromatic heterocycles. The molecule has 1 heterocycles. The average molecular weight is 127 g/mol. The Balaban J connectivity index is 2.43. The van der Waals surface area contributed by atoms with Crippen molar-refractivity contribution < 1.29 is 9.59 Å². The van der Waals surface area contributed by atoms with Crippen molar-refractivity contribution in [2.45, 2.75) is 19.3 Å². The molecule has 3 nitrogen and oxygen atoms in total. The quantitative estimate of drug-likeness (QED) is 0.492. The van der Waals surface area contributed by atoms with E-state index in [0.717, 1.165) is 0 Å². The first-order chi connectivity index (χ1) is 4.29. The topological polar surface area (TPSA) is 46.2 Å². The van der Waals surface area contributed by atoms with Gasteiger partial charge in [-0.15, -0.1) is 0 Å². The molecule has 1 aliphatic rings. The maximum atomic E-state index is 10.6. The molecule has 9 heavy (non-hydrogen) atoms. The van der Waals surface area contributed by atoms with E-state index < -0.39 is 0 Å². The van der Waals surface area contributed by atoms with Crippen LogP contribution in [0.1, 0.15) is 19.3 Å². The van der Waals surface area contributed by atoms with Gasteiger partial charge in [0.25, 0.3) is 0 Å². The summed E-state index contributed by atoms with van der Waals surface area (Å²) >= 11 is 0. The van der Waals surface area contributed by atoms with Gasteiger partial charge in [0, 0.05) is 25.8 Å². The summed E-state index contributed by atoms with van der Waals surface area (Å²) in [6.07, 6.45) is 1.30. The van der Waals surface area contributed by atoms with Gasteiger partial charge in [-0.1, -0.05) is 0 Å². The van der Waals surface area contributed by atoms with Crippen LogP contribution in [0.15, 0.2) is 0 Å². The highest BCUT2D eigenvalue weighted by atomic mass is 16.2. The molecule has 0 atom stereocenters. The van der Waals surface area contributed by atoms with E-state index in [9.17, 15) is 9.59 Å². The summed E-state index contributed by atoms with van der Waals surface area (Å²) in [5.41, 5.74) is 0. The number of ketones is 1. The van der Waals surface area contributed by atoms with Gasteiger partial charge in [0.1, 0.15) is 5.78 Å². The van der Waals surface area contributed by atoms with Crippen LogP contribution >= 0.6 is 0 Å². The molecule has 0 unspecified atom stereocenters. The molecule has 1 N–H and O–H groups in total. The standard InChI is InChI=1S/C6H9NO2/c8-5-1-2-6(9)7-4-3-5/h1-4H2,(H,7,9). The van der Waals surface area contributed by atoms with Crippen molar-refractivity contribution in [3.63, 3.8) is 0 Å². The molecule has 3 heteroatoms. The van der Waals surface area contributed by atoms with Crippen LogP contribution in [0.3, 0.4) is 0 Å². The van der Waals surface area contributed by atoms with E-state index in [1.54, 1.807) is 0 Å². The van der Waals surface area contributed by atoms with Crippen molar-refractivity contribution >= 4 is 11.7 Å². The minimum absolute atomic E-state index is 0.000787. The van der Waals surface area contributed by atoms with E-state index in [0.29, 0.717) is 25.8 Å². The zero-order chi connectivity index (χ0) is 6.69. The SMILES string of the molecule is O=C1CCNC(=O)CC1. The van der Waals surface area contributed by atoms with Crippen LogP contribution in [0.25, 0.3) is 0 Å². The first-order valence-corrected chi connectivity index (χ1v) is 3.07. The number of carbonyl (C=O) groups is 2. The highest BCUT2D eigenvalue weighted by Crippen LogP contribution is 1.98. The first kappa shape index (κ1) is 6.26. The smallest absolute Gasteiger partial charge is 0.220 e. The molecular formula is C6H9NO2. The van der Waals surface area contributed by atoms with Crippen molar-refractivity contribution in [1.82, 2.24) is 5.32 Å². The first-order valence-electron chi connectivity index (χ1n) is 3.07. The van der Waals surface area contributed by atoms with Crippen molar-refractivity contribution in [3.8, 4) is 0 Å². The summed E-state index contributed by atoms with van der Waals surface area (Å²) in [5, 5.41) is 2.62. The predicted octanol–water partition coefficient (Wildman–Crippen LogP) is -0.144. The van der Waals surface area contributed by atoms with E-state index in [1.807, 2.05) is 0 Å². The molecule has 0 spiro atoms. The van der Waals surface area contributed by atoms with E-state index in [1.165, 1.54) is 0 Å². The molecule has 0 saturated carbocycles. The largest absolute Gasteiger partial charge is 0.356 e. The van der Waals surface area contributed by atoms with Gasteiger partial charge in [-0.3, -0.25) is 9.59 Å². The summed E-state index contributed by atoms with van der Waals surface area (Å²) in [4.78, 5) is 21.2. The van der Waals surface area contributed by atoms with E-state index in [-0.39, 0.29) is 11.7 Å². The Morgan fingerprint density at radius 1 is 1.11 bits per heavy atom. The Morgan fingerprint density at radius 3 is 2.67 bits per heavy atom. The van der Waals surface area contributed by atoms with Crippen molar-refractivity contribution in [2.75, 3.05) is 6.54 Å². The molecule has 0 aliphatic carbocycles. The molecule has 0 aromatic carbocycles. The second-order valence-corrected chi connectivity index (χ2v) is 2.14. The van der Waals surface area contributed by atoms with Gasteiger partial charge in [-0.25, -0.2) is 0 Å². The maximum absolute atomic E-state index is 10.6. The van der Waals surface area contributed by atoms with Crippen molar-refractivity contribution in [1.29, 1.82) is 0 Å². The van der Waals surface area contributed by atoms with Crippen LogP contribution in [0.4, 0.5) is 0 Å². The Hall–Kier alpha value is -0.860. The average Bonchev–Trinajstić information content (AvgIpc) is 1.97. The van der Waals surface area contributed by atoms with Crippen LogP contribution in [0.2, 0.25) is 0 Å². The number of rotatable bonds is 0. The summed E-state index contributed by atoms with van der Waals surface area (Å²) in [7, 11) is 0. The second kappa shape index (κ2) is 2.62. The highest BCUT2D eigenvalue weighted by Gasteiger charge is 2.10. The Kier molecular flexibility index (Phi) is 1.82. The number of hydrogen-bond acceptors (Lipinski definition) is 2. The fraction of sp³-hybridized carbons (Fsp3) is 0.667. The van der Waals surface area contributed by atoms with Gasteiger partial charge >= 0.3 is 0 Å². The highest BCUT2D eigenvalue weighted by molar-refractivity contribution is 5.87. The number of nitrogens with one attached hydrogen (secondary N) is 1. The van der Waals surface area contributed by atoms with Gasteiger partial charge in [-0.2, -0.15) is 0 Å². The fourth-order valence-electron chi connectivity index (χ4n) is 0.808. The van der Waals surface area contributed by atoms with Crippen LogP contribution < -0.4 is 5.32 Å². The molecule has 1 saturated heterocycles. The van der Waals surface area contributed by atoms with Gasteiger partial charge < -0.3 is 5.32 Å². The van der Waals surface area contributed by atoms with Gasteiger partial charge in [0.05, 0.1) is 0 Å². The predicted molar refractivity (Wildman–Crippen MR) is 31.9 cm³/mol. The number of Topliss-reactive ketones (excluding diaryl/α,β-unsaturated/α-hetero) is 1. The monoisotopic (exact) mass is 127 g/mol.